The maximum Gasteiger partial charge on any atom is 0.0681 e. The summed E-state index contributed by atoms with van der Waals surface area (Å²) in [5, 5.41) is 11.2. The molecule has 0 saturated heterocycles. The SMILES string of the molecule is CCCCCCCCCCC1(O)C[C@@H]2C[C@@H]3CC1[C@H](C2)C3. The molecule has 0 amide bonds. The minimum atomic E-state index is -0.263. The summed E-state index contributed by atoms with van der Waals surface area (Å²) in [6.07, 6.45) is 18.9. The van der Waals surface area contributed by atoms with E-state index < -0.39 is 0 Å². The zero-order valence-electron chi connectivity index (χ0n) is 14.2. The van der Waals surface area contributed by atoms with Crippen LogP contribution < -0.4 is 0 Å². The molecule has 5 atom stereocenters. The van der Waals surface area contributed by atoms with Crippen molar-refractivity contribution in [2.45, 2.75) is 102 Å². The Bertz CT molecular complexity index is 324. The summed E-state index contributed by atoms with van der Waals surface area (Å²) in [5.74, 6) is 3.41. The molecule has 1 nitrogen and oxygen atoms in total. The van der Waals surface area contributed by atoms with Gasteiger partial charge < -0.3 is 5.11 Å². The van der Waals surface area contributed by atoms with E-state index in [1.807, 2.05) is 0 Å². The molecule has 3 rings (SSSR count). The zero-order valence-corrected chi connectivity index (χ0v) is 14.2. The minimum Gasteiger partial charge on any atom is -0.390 e. The van der Waals surface area contributed by atoms with Crippen molar-refractivity contribution in [3.63, 3.8) is 0 Å². The Morgan fingerprint density at radius 1 is 0.810 bits per heavy atom. The molecular formula is C20H36O. The first-order chi connectivity index (χ1) is 10.2. The summed E-state index contributed by atoms with van der Waals surface area (Å²) in [5.41, 5.74) is -0.263. The van der Waals surface area contributed by atoms with Crippen LogP contribution in [0.25, 0.3) is 0 Å². The highest BCUT2D eigenvalue weighted by Gasteiger charge is 2.54. The van der Waals surface area contributed by atoms with Crippen LogP contribution in [0.1, 0.15) is 96.8 Å². The molecule has 3 fully saturated rings. The third kappa shape index (κ3) is 3.66. The quantitative estimate of drug-likeness (QED) is 0.540. The van der Waals surface area contributed by atoms with Crippen LogP contribution in [0.4, 0.5) is 0 Å². The van der Waals surface area contributed by atoms with Crippen LogP contribution in [0.2, 0.25) is 0 Å². The van der Waals surface area contributed by atoms with Gasteiger partial charge in [-0.1, -0.05) is 58.3 Å². The van der Waals surface area contributed by atoms with Gasteiger partial charge in [-0.25, -0.2) is 0 Å². The van der Waals surface area contributed by atoms with Gasteiger partial charge in [0.1, 0.15) is 0 Å². The van der Waals surface area contributed by atoms with Crippen LogP contribution in [-0.2, 0) is 0 Å². The number of aliphatic hydroxyl groups is 1. The van der Waals surface area contributed by atoms with Crippen molar-refractivity contribution in [1.82, 2.24) is 0 Å². The number of fused-ring (bicyclic) bond motifs is 2. The molecule has 3 bridgehead atoms. The Labute approximate surface area is 131 Å². The molecule has 3 saturated carbocycles. The lowest BCUT2D eigenvalue weighted by Gasteiger charge is -2.45. The standard InChI is InChI=1S/C20H36O/c1-2-3-4-5-6-7-8-9-10-20(21)15-17-11-16-12-18(13-17)19(20)14-16/h16-19,21H,2-15H2,1H3/t16-,17+,18-,19?,20?/m0/s1. The predicted molar refractivity (Wildman–Crippen MR) is 89.2 cm³/mol. The fraction of sp³-hybridized carbons (Fsp3) is 1.00. The third-order valence-corrected chi connectivity index (χ3v) is 6.89. The van der Waals surface area contributed by atoms with Crippen molar-refractivity contribution < 1.29 is 5.11 Å². The van der Waals surface area contributed by atoms with Gasteiger partial charge in [0.2, 0.25) is 0 Å². The fourth-order valence-electron chi connectivity index (χ4n) is 6.02. The Morgan fingerprint density at radius 2 is 1.48 bits per heavy atom. The van der Waals surface area contributed by atoms with Crippen LogP contribution in [0, 0.1) is 23.7 Å². The zero-order chi connectivity index (χ0) is 14.7. The van der Waals surface area contributed by atoms with Gasteiger partial charge in [-0.05, 0) is 62.2 Å². The van der Waals surface area contributed by atoms with Gasteiger partial charge in [-0.2, -0.15) is 0 Å². The first-order valence-corrected chi connectivity index (χ1v) is 9.93. The van der Waals surface area contributed by atoms with E-state index in [9.17, 15) is 5.11 Å². The van der Waals surface area contributed by atoms with Crippen LogP contribution in [-0.4, -0.2) is 10.7 Å². The summed E-state index contributed by atoms with van der Waals surface area (Å²) >= 11 is 0. The molecule has 2 unspecified atom stereocenters. The van der Waals surface area contributed by atoms with E-state index in [0.717, 1.165) is 30.6 Å². The molecular weight excluding hydrogens is 256 g/mol. The molecule has 0 aromatic rings. The number of rotatable bonds is 9. The molecule has 0 radical (unpaired) electrons. The lowest BCUT2D eigenvalue weighted by Crippen LogP contribution is -2.45. The van der Waals surface area contributed by atoms with E-state index in [1.165, 1.54) is 77.0 Å². The second kappa shape index (κ2) is 7.02. The topological polar surface area (TPSA) is 20.2 Å². The van der Waals surface area contributed by atoms with Gasteiger partial charge in [-0.15, -0.1) is 0 Å². The normalized spacial score (nSPS) is 40.9. The average molecular weight is 293 g/mol. The maximum absolute atomic E-state index is 11.2. The van der Waals surface area contributed by atoms with E-state index in [1.54, 1.807) is 0 Å². The predicted octanol–water partition coefficient (Wildman–Crippen LogP) is 5.70. The molecule has 3 aliphatic rings. The van der Waals surface area contributed by atoms with E-state index in [4.69, 9.17) is 0 Å². The highest BCUT2D eigenvalue weighted by molar-refractivity contribution is 5.05. The molecule has 0 aromatic carbocycles. The van der Waals surface area contributed by atoms with Crippen LogP contribution in [0.15, 0.2) is 0 Å². The third-order valence-electron chi connectivity index (χ3n) is 6.89. The van der Waals surface area contributed by atoms with Crippen LogP contribution in [0.5, 0.6) is 0 Å². The van der Waals surface area contributed by atoms with Gasteiger partial charge in [0.15, 0.2) is 0 Å². The van der Waals surface area contributed by atoms with Crippen molar-refractivity contribution in [1.29, 1.82) is 0 Å². The van der Waals surface area contributed by atoms with Crippen molar-refractivity contribution in [3.8, 4) is 0 Å². The monoisotopic (exact) mass is 292 g/mol. The maximum atomic E-state index is 11.2. The number of hydrogen-bond donors (Lipinski definition) is 1. The highest BCUT2D eigenvalue weighted by Crippen LogP contribution is 2.59. The van der Waals surface area contributed by atoms with E-state index in [2.05, 4.69) is 6.92 Å². The molecule has 1 heteroatoms. The Hall–Kier alpha value is -0.0400. The Morgan fingerprint density at radius 3 is 2.24 bits per heavy atom. The van der Waals surface area contributed by atoms with Crippen molar-refractivity contribution in [3.05, 3.63) is 0 Å². The smallest absolute Gasteiger partial charge is 0.0681 e. The highest BCUT2D eigenvalue weighted by atomic mass is 16.3. The minimum absolute atomic E-state index is 0.263. The molecule has 21 heavy (non-hydrogen) atoms. The Balaban J connectivity index is 1.35. The molecule has 3 aliphatic carbocycles. The summed E-state index contributed by atoms with van der Waals surface area (Å²) in [6.45, 7) is 2.28. The van der Waals surface area contributed by atoms with Gasteiger partial charge >= 0.3 is 0 Å². The van der Waals surface area contributed by atoms with Crippen LogP contribution in [0.3, 0.4) is 0 Å². The van der Waals surface area contributed by atoms with E-state index >= 15 is 0 Å². The lowest BCUT2D eigenvalue weighted by molar-refractivity contribution is -0.0876. The van der Waals surface area contributed by atoms with Gasteiger partial charge in [0, 0.05) is 0 Å². The second-order valence-corrected chi connectivity index (χ2v) is 8.57. The summed E-state index contributed by atoms with van der Waals surface area (Å²) in [6, 6.07) is 0. The molecule has 0 heterocycles. The van der Waals surface area contributed by atoms with E-state index in [0.29, 0.717) is 5.92 Å². The van der Waals surface area contributed by atoms with Crippen LogP contribution >= 0.6 is 0 Å². The van der Waals surface area contributed by atoms with Crippen molar-refractivity contribution in [2.75, 3.05) is 0 Å². The van der Waals surface area contributed by atoms with Crippen molar-refractivity contribution in [2.24, 2.45) is 23.7 Å². The Kier molecular flexibility index (Phi) is 5.30. The van der Waals surface area contributed by atoms with E-state index in [-0.39, 0.29) is 5.60 Å². The lowest BCUT2D eigenvalue weighted by atomic mass is 9.63. The van der Waals surface area contributed by atoms with Gasteiger partial charge in [0.25, 0.3) is 0 Å². The number of unbranched alkanes of at least 4 members (excludes halogenated alkanes) is 7. The molecule has 122 valence electrons. The largest absolute Gasteiger partial charge is 0.390 e. The fourth-order valence-corrected chi connectivity index (χ4v) is 6.02. The summed E-state index contributed by atoms with van der Waals surface area (Å²) < 4.78 is 0. The summed E-state index contributed by atoms with van der Waals surface area (Å²) in [7, 11) is 0. The first-order valence-electron chi connectivity index (χ1n) is 9.93. The second-order valence-electron chi connectivity index (χ2n) is 8.57. The van der Waals surface area contributed by atoms with Crippen molar-refractivity contribution >= 4 is 0 Å². The molecule has 0 aliphatic heterocycles. The average Bonchev–Trinajstić information content (AvgIpc) is 2.71. The van der Waals surface area contributed by atoms with Gasteiger partial charge in [-0.3, -0.25) is 0 Å². The molecule has 1 N–H and O–H groups in total. The molecule has 0 spiro atoms. The molecule has 0 aromatic heterocycles. The summed E-state index contributed by atoms with van der Waals surface area (Å²) in [4.78, 5) is 0. The first kappa shape index (κ1) is 15.8. The number of hydrogen-bond acceptors (Lipinski definition) is 1. The van der Waals surface area contributed by atoms with Gasteiger partial charge in [0.05, 0.1) is 5.60 Å².